The molecule has 0 aliphatic rings. The molecule has 0 aromatic heterocycles. The van der Waals surface area contributed by atoms with Gasteiger partial charge in [-0.1, -0.05) is 6.92 Å². The first kappa shape index (κ1) is 10.7. The molecule has 0 rings (SSSR count). The fraction of sp³-hybridized carbons (Fsp3) is 0.222. The number of allylic oxidation sites excluding steroid dienone is 3. The van der Waals surface area contributed by atoms with Crippen LogP contribution in [0.4, 0.5) is 0 Å². The van der Waals surface area contributed by atoms with E-state index in [1.165, 1.54) is 0 Å². The van der Waals surface area contributed by atoms with Crippen LogP contribution >= 0.6 is 0 Å². The Balaban J connectivity index is 5.56. The van der Waals surface area contributed by atoms with E-state index in [1.54, 1.807) is 31.0 Å². The van der Waals surface area contributed by atoms with Crippen LogP contribution < -0.4 is 0 Å². The second-order valence-corrected chi connectivity index (χ2v) is 2.03. The predicted octanol–water partition coefficient (Wildman–Crippen LogP) is 1.43. The van der Waals surface area contributed by atoms with E-state index in [0.717, 1.165) is 0 Å². The highest BCUT2D eigenvalue weighted by atomic mass is 14.3. The average molecular weight is 169 g/mol. The minimum atomic E-state index is -0.166. The summed E-state index contributed by atoms with van der Waals surface area (Å²) in [7, 11) is 0. The summed E-state index contributed by atoms with van der Waals surface area (Å²) in [6, 6.07) is 4.94. The van der Waals surface area contributed by atoms with Crippen LogP contribution in [0.15, 0.2) is 16.7 Å². The van der Waals surface area contributed by atoms with E-state index in [1.807, 2.05) is 0 Å². The van der Waals surface area contributed by atoms with Gasteiger partial charge in [0.15, 0.2) is 0 Å². The summed E-state index contributed by atoms with van der Waals surface area (Å²) in [5, 5.41) is 34.0. The molecule has 4 nitrogen and oxygen atoms in total. The molecular weight excluding hydrogens is 164 g/mol. The van der Waals surface area contributed by atoms with E-state index in [-0.39, 0.29) is 16.7 Å². The zero-order chi connectivity index (χ0) is 10.3. The Bertz CT molecular complexity index is 386. The molecule has 0 spiro atoms. The molecule has 4 heteroatoms. The molecular formula is C9H5N4-. The maximum atomic E-state index is 8.50. The molecule has 0 aliphatic carbocycles. The second-order valence-electron chi connectivity index (χ2n) is 2.03. The number of hydrogen-bond acceptors (Lipinski definition) is 3. The van der Waals surface area contributed by atoms with Crippen molar-refractivity contribution in [2.45, 2.75) is 13.3 Å². The Kier molecular flexibility index (Phi) is 4.37. The summed E-state index contributed by atoms with van der Waals surface area (Å²) in [4.78, 5) is 0. The van der Waals surface area contributed by atoms with Crippen LogP contribution in [-0.4, -0.2) is 5.87 Å². The number of nitrogens with zero attached hydrogens (tertiary/aromatic N) is 4. The van der Waals surface area contributed by atoms with E-state index < -0.39 is 0 Å². The molecule has 0 N–H and O–H groups in total. The van der Waals surface area contributed by atoms with Crippen LogP contribution in [0, 0.1) is 34.0 Å². The molecule has 0 aromatic rings. The van der Waals surface area contributed by atoms with Crippen molar-refractivity contribution in [1.29, 1.82) is 15.8 Å². The lowest BCUT2D eigenvalue weighted by atomic mass is 10.0. The van der Waals surface area contributed by atoms with Crippen molar-refractivity contribution in [3.8, 4) is 18.2 Å². The van der Waals surface area contributed by atoms with Crippen molar-refractivity contribution in [3.63, 3.8) is 0 Å². The van der Waals surface area contributed by atoms with Gasteiger partial charge in [-0.3, -0.25) is 5.87 Å². The SMILES string of the molecule is CCC(C(=C=[N-])C#N)=C(C#N)C#N. The average Bonchev–Trinajstić information content (AvgIpc) is 2.18. The molecule has 0 radical (unpaired) electrons. The fourth-order valence-electron chi connectivity index (χ4n) is 0.798. The summed E-state index contributed by atoms with van der Waals surface area (Å²) in [5.74, 6) is 1.65. The molecule has 0 atom stereocenters. The third kappa shape index (κ3) is 2.31. The lowest BCUT2D eigenvalue weighted by Crippen LogP contribution is -1.91. The Morgan fingerprint density at radius 2 is 1.69 bits per heavy atom. The van der Waals surface area contributed by atoms with Crippen molar-refractivity contribution in [2.75, 3.05) is 0 Å². The van der Waals surface area contributed by atoms with Gasteiger partial charge >= 0.3 is 0 Å². The van der Waals surface area contributed by atoms with Crippen LogP contribution in [0.1, 0.15) is 13.3 Å². The summed E-state index contributed by atoms with van der Waals surface area (Å²) in [6.45, 7) is 1.68. The third-order valence-corrected chi connectivity index (χ3v) is 1.40. The van der Waals surface area contributed by atoms with E-state index in [9.17, 15) is 0 Å². The summed E-state index contributed by atoms with van der Waals surface area (Å²) >= 11 is 0. The first-order valence-corrected chi connectivity index (χ1v) is 3.46. The Labute approximate surface area is 76.1 Å². The van der Waals surface area contributed by atoms with Crippen molar-refractivity contribution >= 4 is 5.87 Å². The number of hydrogen-bond donors (Lipinski definition) is 0. The van der Waals surface area contributed by atoms with Gasteiger partial charge in [0.2, 0.25) is 0 Å². The number of rotatable bonds is 2. The summed E-state index contributed by atoms with van der Waals surface area (Å²) < 4.78 is 0. The first-order chi connectivity index (χ1) is 6.24. The minimum absolute atomic E-state index is 0.166. The molecule has 0 heterocycles. The van der Waals surface area contributed by atoms with Gasteiger partial charge in [-0.2, -0.15) is 15.8 Å². The standard InChI is InChI=1S/C9H5N4/c1-2-9(7(3-10)4-11)8(5-12)6-13/h2H2,1H3/q-1. The maximum absolute atomic E-state index is 8.50. The molecule has 0 fully saturated rings. The lowest BCUT2D eigenvalue weighted by Gasteiger charge is -1.99. The van der Waals surface area contributed by atoms with E-state index in [0.29, 0.717) is 6.42 Å². The highest BCUT2D eigenvalue weighted by molar-refractivity contribution is 5.74. The Hall–Kier alpha value is -2.34. The van der Waals surface area contributed by atoms with Gasteiger partial charge in [-0.25, -0.2) is 0 Å². The highest BCUT2D eigenvalue weighted by Gasteiger charge is 2.07. The van der Waals surface area contributed by atoms with Gasteiger partial charge in [-0.15, -0.1) is 0 Å². The third-order valence-electron chi connectivity index (χ3n) is 1.40. The van der Waals surface area contributed by atoms with E-state index >= 15 is 0 Å². The van der Waals surface area contributed by atoms with Crippen molar-refractivity contribution < 1.29 is 0 Å². The zero-order valence-corrected chi connectivity index (χ0v) is 7.00. The molecule has 0 aromatic carbocycles. The summed E-state index contributed by atoms with van der Waals surface area (Å²) in [5.41, 5.74) is -0.115. The molecule has 0 saturated heterocycles. The molecule has 13 heavy (non-hydrogen) atoms. The highest BCUT2D eigenvalue weighted by Crippen LogP contribution is 2.14. The molecule has 0 unspecified atom stereocenters. The predicted molar refractivity (Wildman–Crippen MR) is 46.0 cm³/mol. The van der Waals surface area contributed by atoms with Crippen molar-refractivity contribution in [3.05, 3.63) is 22.1 Å². The zero-order valence-electron chi connectivity index (χ0n) is 7.00. The largest absolute Gasteiger partial charge is 0.762 e. The van der Waals surface area contributed by atoms with Crippen LogP contribution in [0.3, 0.4) is 0 Å². The monoisotopic (exact) mass is 169 g/mol. The van der Waals surface area contributed by atoms with Gasteiger partial charge in [0.25, 0.3) is 0 Å². The van der Waals surface area contributed by atoms with Crippen molar-refractivity contribution in [2.24, 2.45) is 0 Å². The van der Waals surface area contributed by atoms with Gasteiger partial charge < -0.3 is 5.41 Å². The van der Waals surface area contributed by atoms with Crippen LogP contribution in [0.5, 0.6) is 0 Å². The van der Waals surface area contributed by atoms with Gasteiger partial charge in [0, 0.05) is 5.57 Å². The van der Waals surface area contributed by atoms with Gasteiger partial charge in [0.1, 0.15) is 23.8 Å². The topological polar surface area (TPSA) is 93.7 Å². The van der Waals surface area contributed by atoms with Crippen LogP contribution in [0.25, 0.3) is 5.41 Å². The molecule has 62 valence electrons. The maximum Gasteiger partial charge on any atom is 0.134 e. The Morgan fingerprint density at radius 1 is 1.15 bits per heavy atom. The van der Waals surface area contributed by atoms with Crippen LogP contribution in [-0.2, 0) is 0 Å². The van der Waals surface area contributed by atoms with E-state index in [2.05, 4.69) is 0 Å². The minimum Gasteiger partial charge on any atom is -0.762 e. The van der Waals surface area contributed by atoms with Gasteiger partial charge in [0.05, 0.1) is 5.57 Å². The normalized spacial score (nSPS) is 6.92. The lowest BCUT2D eigenvalue weighted by molar-refractivity contribution is 1.12. The van der Waals surface area contributed by atoms with E-state index in [4.69, 9.17) is 21.2 Å². The van der Waals surface area contributed by atoms with Crippen molar-refractivity contribution in [1.82, 2.24) is 0 Å². The molecule has 0 bridgehead atoms. The number of nitriles is 3. The second kappa shape index (κ2) is 5.33. The van der Waals surface area contributed by atoms with Gasteiger partial charge in [-0.05, 0) is 6.42 Å². The molecule has 0 amide bonds. The first-order valence-electron chi connectivity index (χ1n) is 3.46. The fourth-order valence-corrected chi connectivity index (χ4v) is 0.798. The molecule has 0 saturated carbocycles. The summed E-state index contributed by atoms with van der Waals surface area (Å²) in [6.07, 6.45) is 0.326. The van der Waals surface area contributed by atoms with Crippen LogP contribution in [0.2, 0.25) is 0 Å². The smallest absolute Gasteiger partial charge is 0.134 e. The Morgan fingerprint density at radius 3 is 1.92 bits per heavy atom. The quantitative estimate of drug-likeness (QED) is 0.355. The molecule has 0 aliphatic heterocycles.